The van der Waals surface area contributed by atoms with E-state index in [9.17, 15) is 4.79 Å². The highest BCUT2D eigenvalue weighted by Gasteiger charge is 2.30. The van der Waals surface area contributed by atoms with E-state index >= 15 is 0 Å². The van der Waals surface area contributed by atoms with E-state index in [0.29, 0.717) is 19.7 Å². The first kappa shape index (κ1) is 19.7. The number of rotatable bonds is 5. The van der Waals surface area contributed by atoms with Gasteiger partial charge in [0.15, 0.2) is 0 Å². The van der Waals surface area contributed by atoms with Crippen molar-refractivity contribution in [1.82, 2.24) is 15.2 Å². The van der Waals surface area contributed by atoms with Gasteiger partial charge in [0.1, 0.15) is 5.60 Å². The lowest BCUT2D eigenvalue weighted by Crippen LogP contribution is -2.53. The van der Waals surface area contributed by atoms with E-state index in [1.807, 2.05) is 40.0 Å². The van der Waals surface area contributed by atoms with Gasteiger partial charge in [-0.2, -0.15) is 0 Å². The molecule has 25 heavy (non-hydrogen) atoms. The van der Waals surface area contributed by atoms with Crippen molar-refractivity contribution in [2.24, 2.45) is 0 Å². The first-order chi connectivity index (χ1) is 11.7. The van der Waals surface area contributed by atoms with Crippen molar-refractivity contribution in [3.8, 4) is 0 Å². The summed E-state index contributed by atoms with van der Waals surface area (Å²) >= 11 is 0. The molecule has 1 N–H and O–H groups in total. The number of aromatic nitrogens is 1. The van der Waals surface area contributed by atoms with Crippen LogP contribution in [0.2, 0.25) is 0 Å². The van der Waals surface area contributed by atoms with Gasteiger partial charge in [-0.25, -0.2) is 4.79 Å². The van der Waals surface area contributed by atoms with Crippen molar-refractivity contribution < 1.29 is 14.3 Å². The van der Waals surface area contributed by atoms with Crippen LogP contribution in [0.5, 0.6) is 0 Å². The minimum Gasteiger partial charge on any atom is -0.444 e. The minimum atomic E-state index is -0.475. The molecule has 0 unspecified atom stereocenters. The molecule has 0 saturated carbocycles. The Kier molecular flexibility index (Phi) is 6.79. The van der Waals surface area contributed by atoms with Crippen LogP contribution in [-0.4, -0.2) is 60.0 Å². The van der Waals surface area contributed by atoms with Gasteiger partial charge in [-0.3, -0.25) is 4.98 Å². The molecule has 0 radical (unpaired) electrons. The van der Waals surface area contributed by atoms with Gasteiger partial charge < -0.3 is 19.7 Å². The topological polar surface area (TPSA) is 63.7 Å². The fourth-order valence-electron chi connectivity index (χ4n) is 2.69. The third kappa shape index (κ3) is 6.63. The molecule has 1 aromatic heterocycles. The van der Waals surface area contributed by atoms with Gasteiger partial charge in [-0.15, -0.1) is 0 Å². The van der Waals surface area contributed by atoms with E-state index in [1.165, 1.54) is 5.56 Å². The number of nitrogens with zero attached hydrogens (tertiary/aromatic N) is 2. The number of ether oxygens (including phenoxy) is 2. The lowest BCUT2D eigenvalue weighted by Gasteiger charge is -2.36. The molecule has 1 aliphatic heterocycles. The Hall–Kier alpha value is -1.66. The molecule has 0 aromatic carbocycles. The Morgan fingerprint density at radius 3 is 2.88 bits per heavy atom. The zero-order chi connectivity index (χ0) is 18.4. The zero-order valence-corrected chi connectivity index (χ0v) is 16.0. The molecule has 1 saturated heterocycles. The monoisotopic (exact) mass is 349 g/mol. The van der Waals surface area contributed by atoms with Gasteiger partial charge >= 0.3 is 6.09 Å². The molecule has 1 amide bonds. The summed E-state index contributed by atoms with van der Waals surface area (Å²) in [6, 6.07) is 4.29. The van der Waals surface area contributed by atoms with Gasteiger partial charge in [-0.1, -0.05) is 6.07 Å². The van der Waals surface area contributed by atoms with Gasteiger partial charge in [0.05, 0.1) is 19.3 Å². The standard InChI is InChI=1S/C19H31N3O3/c1-14-6-7-16(12-21-14)8-9-20-15(2)17-13-22(10-11-24-17)18(23)25-19(3,4)5/h6-7,12,15,17,20H,8-11,13H2,1-5H3/t15-,17-/m0/s1. The van der Waals surface area contributed by atoms with Crippen molar-refractivity contribution in [1.29, 1.82) is 0 Å². The molecule has 6 heteroatoms. The lowest BCUT2D eigenvalue weighted by atomic mass is 10.1. The fourth-order valence-corrected chi connectivity index (χ4v) is 2.69. The quantitative estimate of drug-likeness (QED) is 0.885. The van der Waals surface area contributed by atoms with Gasteiger partial charge in [0.25, 0.3) is 0 Å². The second-order valence-corrected chi connectivity index (χ2v) is 7.64. The predicted octanol–water partition coefficient (Wildman–Crippen LogP) is 2.55. The van der Waals surface area contributed by atoms with Gasteiger partial charge in [0, 0.05) is 24.5 Å². The average molecular weight is 349 g/mol. The van der Waals surface area contributed by atoms with Crippen LogP contribution in [-0.2, 0) is 15.9 Å². The zero-order valence-electron chi connectivity index (χ0n) is 16.0. The summed E-state index contributed by atoms with van der Waals surface area (Å²) in [5.74, 6) is 0. The van der Waals surface area contributed by atoms with E-state index in [0.717, 1.165) is 18.7 Å². The summed E-state index contributed by atoms with van der Waals surface area (Å²) in [4.78, 5) is 18.3. The van der Waals surface area contributed by atoms with Crippen molar-refractivity contribution in [2.45, 2.75) is 58.8 Å². The van der Waals surface area contributed by atoms with E-state index in [-0.39, 0.29) is 18.2 Å². The number of morpholine rings is 1. The van der Waals surface area contributed by atoms with Gasteiger partial charge in [-0.05, 0) is 59.2 Å². The summed E-state index contributed by atoms with van der Waals surface area (Å²) in [5.41, 5.74) is 1.77. The molecule has 1 aliphatic rings. The molecule has 1 aromatic rings. The van der Waals surface area contributed by atoms with Crippen molar-refractivity contribution in [3.05, 3.63) is 29.6 Å². The van der Waals surface area contributed by atoms with Crippen LogP contribution in [0, 0.1) is 6.92 Å². The molecule has 0 spiro atoms. The largest absolute Gasteiger partial charge is 0.444 e. The highest BCUT2D eigenvalue weighted by Crippen LogP contribution is 2.14. The number of amides is 1. The van der Waals surface area contributed by atoms with Crippen molar-refractivity contribution >= 4 is 6.09 Å². The smallest absolute Gasteiger partial charge is 0.410 e. The molecule has 1 fully saturated rings. The van der Waals surface area contributed by atoms with Crippen LogP contribution in [0.1, 0.15) is 39.0 Å². The molecule has 0 bridgehead atoms. The van der Waals surface area contributed by atoms with E-state index in [4.69, 9.17) is 9.47 Å². The van der Waals surface area contributed by atoms with Crippen LogP contribution >= 0.6 is 0 Å². The van der Waals surface area contributed by atoms with E-state index < -0.39 is 5.60 Å². The normalized spacial score (nSPS) is 19.6. The highest BCUT2D eigenvalue weighted by atomic mass is 16.6. The summed E-state index contributed by atoms with van der Waals surface area (Å²) in [7, 11) is 0. The molecule has 2 atom stereocenters. The maximum Gasteiger partial charge on any atom is 0.410 e. The average Bonchev–Trinajstić information content (AvgIpc) is 2.55. The molecule has 140 valence electrons. The van der Waals surface area contributed by atoms with Gasteiger partial charge in [0.2, 0.25) is 0 Å². The minimum absolute atomic E-state index is 0.0302. The molecule has 2 rings (SSSR count). The lowest BCUT2D eigenvalue weighted by molar-refractivity contribution is -0.0524. The molecular formula is C19H31N3O3. The third-order valence-electron chi connectivity index (χ3n) is 4.16. The molecule has 2 heterocycles. The number of carbonyl (C=O) groups is 1. The molecule has 0 aliphatic carbocycles. The first-order valence-electron chi connectivity index (χ1n) is 8.99. The molecule has 6 nitrogen and oxygen atoms in total. The third-order valence-corrected chi connectivity index (χ3v) is 4.16. The predicted molar refractivity (Wildman–Crippen MR) is 97.7 cm³/mol. The Labute approximate surface area is 150 Å². The van der Waals surface area contributed by atoms with E-state index in [1.54, 1.807) is 4.90 Å². The summed E-state index contributed by atoms with van der Waals surface area (Å²) < 4.78 is 11.3. The fraction of sp³-hybridized carbons (Fsp3) is 0.684. The van der Waals surface area contributed by atoms with Crippen molar-refractivity contribution in [3.63, 3.8) is 0 Å². The van der Waals surface area contributed by atoms with Crippen molar-refractivity contribution in [2.75, 3.05) is 26.2 Å². The Morgan fingerprint density at radius 1 is 1.48 bits per heavy atom. The van der Waals surface area contributed by atoms with Crippen LogP contribution in [0.3, 0.4) is 0 Å². The Morgan fingerprint density at radius 2 is 2.24 bits per heavy atom. The summed E-state index contributed by atoms with van der Waals surface area (Å²) in [5, 5.41) is 3.49. The summed E-state index contributed by atoms with van der Waals surface area (Å²) in [6.07, 6.45) is 2.54. The molecular weight excluding hydrogens is 318 g/mol. The number of hydrogen-bond acceptors (Lipinski definition) is 5. The highest BCUT2D eigenvalue weighted by molar-refractivity contribution is 5.68. The van der Waals surface area contributed by atoms with E-state index in [2.05, 4.69) is 23.3 Å². The number of pyridine rings is 1. The van der Waals surface area contributed by atoms with Crippen LogP contribution < -0.4 is 5.32 Å². The number of hydrogen-bond donors (Lipinski definition) is 1. The van der Waals surface area contributed by atoms with Crippen LogP contribution in [0.4, 0.5) is 4.79 Å². The maximum absolute atomic E-state index is 12.2. The Balaban J connectivity index is 1.77. The Bertz CT molecular complexity index is 554. The second kappa shape index (κ2) is 8.63. The van der Waals surface area contributed by atoms with Crippen LogP contribution in [0.15, 0.2) is 18.3 Å². The maximum atomic E-state index is 12.2. The number of nitrogens with one attached hydrogen (secondary N) is 1. The van der Waals surface area contributed by atoms with Crippen LogP contribution in [0.25, 0.3) is 0 Å². The second-order valence-electron chi connectivity index (χ2n) is 7.64. The number of aryl methyl sites for hydroxylation is 1. The number of carbonyl (C=O) groups excluding carboxylic acids is 1. The first-order valence-corrected chi connectivity index (χ1v) is 8.99. The SMILES string of the molecule is Cc1ccc(CCN[C@@H](C)[C@@H]2CN(C(=O)OC(C)(C)C)CCO2)cn1. The summed E-state index contributed by atoms with van der Waals surface area (Å²) in [6.45, 7) is 12.2.